The van der Waals surface area contributed by atoms with Crippen LogP contribution in [0, 0.1) is 17.8 Å². The average Bonchev–Trinajstić information content (AvgIpc) is 3.27. The topological polar surface area (TPSA) is 81.2 Å². The van der Waals surface area contributed by atoms with Crippen LogP contribution in [0.2, 0.25) is 0 Å². The molecule has 3 saturated heterocycles. The van der Waals surface area contributed by atoms with Gasteiger partial charge in [0.05, 0.1) is 35.2 Å². The summed E-state index contributed by atoms with van der Waals surface area (Å²) in [5.41, 5.74) is 2.06. The molecule has 2 aromatic carbocycles. The van der Waals surface area contributed by atoms with Gasteiger partial charge in [-0.3, -0.25) is 19.2 Å². The van der Waals surface area contributed by atoms with Gasteiger partial charge in [0, 0.05) is 14.1 Å². The van der Waals surface area contributed by atoms with Gasteiger partial charge in [0.2, 0.25) is 17.7 Å². The zero-order valence-corrected chi connectivity index (χ0v) is 19.6. The molecule has 8 heteroatoms. The van der Waals surface area contributed by atoms with E-state index >= 15 is 0 Å². The maximum Gasteiger partial charge on any atom is 0.253 e. The third kappa shape index (κ3) is 3.06. The summed E-state index contributed by atoms with van der Waals surface area (Å²) >= 11 is 0. The standard InChI is InChI=1S/C27H26N4O4/c1-28(2)31-22-16(15-20-23(31)27(35)30(25(20)33)18-11-7-4-8-12-18)13-14-19-21(22)26(34)29(24(19)32)17-9-5-3-6-10-17/h3-13,19-23H,14-15H2,1-2H3/t19-,20-,21-,22+,23+/m0/s1. The van der Waals surface area contributed by atoms with Crippen molar-refractivity contribution in [2.45, 2.75) is 24.9 Å². The van der Waals surface area contributed by atoms with Crippen LogP contribution in [0.25, 0.3) is 0 Å². The molecule has 0 saturated carbocycles. The molecule has 4 aliphatic rings. The molecule has 1 aliphatic carbocycles. The number of allylic oxidation sites excluding steroid dienone is 1. The Bertz CT molecular complexity index is 1260. The number of piperidine rings is 1. The van der Waals surface area contributed by atoms with Crippen molar-refractivity contribution in [1.29, 1.82) is 0 Å². The highest BCUT2D eigenvalue weighted by atomic mass is 16.2. The van der Waals surface area contributed by atoms with Crippen molar-refractivity contribution in [3.05, 3.63) is 72.3 Å². The Morgan fingerprint density at radius 1 is 0.686 bits per heavy atom. The summed E-state index contributed by atoms with van der Waals surface area (Å²) in [5, 5.41) is 3.68. The highest BCUT2D eigenvalue weighted by Gasteiger charge is 2.62. The Kier molecular flexibility index (Phi) is 4.98. The molecular weight excluding hydrogens is 444 g/mol. The molecule has 8 nitrogen and oxygen atoms in total. The van der Waals surface area contributed by atoms with Gasteiger partial charge in [-0.05, 0) is 37.1 Å². The van der Waals surface area contributed by atoms with Crippen LogP contribution < -0.4 is 9.80 Å². The van der Waals surface area contributed by atoms with Crippen LogP contribution in [0.4, 0.5) is 11.4 Å². The van der Waals surface area contributed by atoms with Crippen LogP contribution in [0.1, 0.15) is 12.8 Å². The van der Waals surface area contributed by atoms with E-state index in [9.17, 15) is 19.2 Å². The third-order valence-electron chi connectivity index (χ3n) is 7.74. The molecule has 178 valence electrons. The van der Waals surface area contributed by atoms with Gasteiger partial charge in [0.15, 0.2) is 0 Å². The monoisotopic (exact) mass is 470 g/mol. The molecule has 0 N–H and O–H groups in total. The van der Waals surface area contributed by atoms with Crippen LogP contribution in [0.15, 0.2) is 72.3 Å². The normalized spacial score (nSPS) is 30.5. The number of hydrazine groups is 1. The third-order valence-corrected chi connectivity index (χ3v) is 7.74. The van der Waals surface area contributed by atoms with Gasteiger partial charge in [-0.15, -0.1) is 0 Å². The second-order valence-corrected chi connectivity index (χ2v) is 9.77. The minimum Gasteiger partial charge on any atom is -0.274 e. The van der Waals surface area contributed by atoms with Gasteiger partial charge >= 0.3 is 0 Å². The number of hydrogen-bond acceptors (Lipinski definition) is 6. The summed E-state index contributed by atoms with van der Waals surface area (Å²) in [5.74, 6) is -2.61. The average molecular weight is 471 g/mol. The first kappa shape index (κ1) is 21.9. The van der Waals surface area contributed by atoms with Crippen LogP contribution in [-0.2, 0) is 19.2 Å². The number of benzene rings is 2. The first-order chi connectivity index (χ1) is 16.9. The number of fused-ring (bicyclic) bond motifs is 4. The predicted octanol–water partition coefficient (Wildman–Crippen LogP) is 2.23. The maximum atomic E-state index is 13.8. The van der Waals surface area contributed by atoms with E-state index in [0.29, 0.717) is 24.2 Å². The molecule has 0 aromatic heterocycles. The molecule has 0 spiro atoms. The maximum absolute atomic E-state index is 13.8. The van der Waals surface area contributed by atoms with Crippen molar-refractivity contribution in [2.75, 3.05) is 23.9 Å². The van der Waals surface area contributed by atoms with Crippen molar-refractivity contribution in [2.24, 2.45) is 17.8 Å². The lowest BCUT2D eigenvalue weighted by molar-refractivity contribution is -0.148. The molecule has 0 unspecified atom stereocenters. The summed E-state index contributed by atoms with van der Waals surface area (Å²) < 4.78 is 0. The molecule has 6 rings (SSSR count). The van der Waals surface area contributed by atoms with Crippen molar-refractivity contribution in [1.82, 2.24) is 10.0 Å². The first-order valence-electron chi connectivity index (χ1n) is 11.9. The van der Waals surface area contributed by atoms with E-state index in [4.69, 9.17) is 0 Å². The number of carbonyl (C=O) groups excluding carboxylic acids is 4. The fourth-order valence-corrected chi connectivity index (χ4v) is 6.32. The Balaban J connectivity index is 1.41. The molecule has 3 aliphatic heterocycles. The predicted molar refractivity (Wildman–Crippen MR) is 129 cm³/mol. The Hall–Kier alpha value is -3.62. The zero-order chi connectivity index (χ0) is 24.4. The van der Waals surface area contributed by atoms with E-state index < -0.39 is 29.8 Å². The summed E-state index contributed by atoms with van der Waals surface area (Å²) in [6, 6.07) is 16.8. The fraction of sp³-hybridized carbons (Fsp3) is 0.333. The van der Waals surface area contributed by atoms with Gasteiger partial charge in [0.1, 0.15) is 6.04 Å². The number of nitrogens with zero attached hydrogens (tertiary/aromatic N) is 4. The molecule has 5 atom stereocenters. The lowest BCUT2D eigenvalue weighted by Gasteiger charge is -2.49. The van der Waals surface area contributed by atoms with Gasteiger partial charge in [-0.25, -0.2) is 19.8 Å². The summed E-state index contributed by atoms with van der Waals surface area (Å²) in [7, 11) is 3.64. The van der Waals surface area contributed by atoms with Crippen molar-refractivity contribution in [3.8, 4) is 0 Å². The van der Waals surface area contributed by atoms with Gasteiger partial charge < -0.3 is 0 Å². The second kappa shape index (κ2) is 7.96. The molecule has 0 bridgehead atoms. The first-order valence-corrected chi connectivity index (χ1v) is 11.9. The molecule has 2 aromatic rings. The number of rotatable bonds is 3. The van der Waals surface area contributed by atoms with E-state index in [1.165, 1.54) is 9.80 Å². The minimum atomic E-state index is -0.729. The zero-order valence-electron chi connectivity index (χ0n) is 19.6. The van der Waals surface area contributed by atoms with Crippen molar-refractivity contribution in [3.63, 3.8) is 0 Å². The Labute approximate surface area is 203 Å². The second-order valence-electron chi connectivity index (χ2n) is 9.77. The SMILES string of the molecule is CN(C)N1[C@@H]2C(=CC[C@@H]3C(=O)N(c4ccccc4)C(=O)[C@@H]32)C[C@@H]2C(=O)N(c3ccccc3)C(=O)[C@@H]21. The highest BCUT2D eigenvalue weighted by Crippen LogP contribution is 2.49. The van der Waals surface area contributed by atoms with E-state index in [0.717, 1.165) is 5.57 Å². The highest BCUT2D eigenvalue weighted by molar-refractivity contribution is 6.24. The smallest absolute Gasteiger partial charge is 0.253 e. The number of anilines is 2. The molecule has 35 heavy (non-hydrogen) atoms. The lowest BCUT2D eigenvalue weighted by atomic mass is 9.71. The van der Waals surface area contributed by atoms with Gasteiger partial charge in [-0.1, -0.05) is 48.0 Å². The van der Waals surface area contributed by atoms with E-state index in [1.807, 2.05) is 37.3 Å². The number of imide groups is 2. The Morgan fingerprint density at radius 3 is 1.80 bits per heavy atom. The number of para-hydroxylation sites is 2. The van der Waals surface area contributed by atoms with Crippen molar-refractivity contribution < 1.29 is 19.2 Å². The molecular formula is C27H26N4O4. The number of hydrogen-bond donors (Lipinski definition) is 0. The van der Waals surface area contributed by atoms with E-state index in [-0.39, 0.29) is 23.6 Å². The van der Waals surface area contributed by atoms with Gasteiger partial charge in [-0.2, -0.15) is 0 Å². The number of carbonyl (C=O) groups is 4. The fourth-order valence-electron chi connectivity index (χ4n) is 6.32. The van der Waals surface area contributed by atoms with Crippen LogP contribution in [0.3, 0.4) is 0 Å². The summed E-state index contributed by atoms with van der Waals surface area (Å²) in [4.78, 5) is 56.9. The molecule has 0 radical (unpaired) electrons. The van der Waals surface area contributed by atoms with Gasteiger partial charge in [0.25, 0.3) is 5.91 Å². The Morgan fingerprint density at radius 2 is 1.23 bits per heavy atom. The van der Waals surface area contributed by atoms with Crippen LogP contribution in [0.5, 0.6) is 0 Å². The minimum absolute atomic E-state index is 0.206. The van der Waals surface area contributed by atoms with Crippen LogP contribution in [-0.4, -0.2) is 59.8 Å². The van der Waals surface area contributed by atoms with E-state index in [1.54, 1.807) is 53.5 Å². The lowest BCUT2D eigenvalue weighted by Crippen LogP contribution is -2.63. The van der Waals surface area contributed by atoms with Crippen molar-refractivity contribution >= 4 is 35.0 Å². The summed E-state index contributed by atoms with van der Waals surface area (Å²) in [6.45, 7) is 0. The molecule has 4 amide bonds. The summed E-state index contributed by atoms with van der Waals surface area (Å²) in [6.07, 6.45) is 2.87. The largest absolute Gasteiger partial charge is 0.274 e. The van der Waals surface area contributed by atoms with Crippen LogP contribution >= 0.6 is 0 Å². The molecule has 3 fully saturated rings. The quantitative estimate of drug-likeness (QED) is 0.506. The van der Waals surface area contributed by atoms with E-state index in [2.05, 4.69) is 0 Å². The number of amides is 4. The molecule has 3 heterocycles.